The molecule has 0 bridgehead atoms. The molecule has 47 heavy (non-hydrogen) atoms. The number of rotatable bonds is 10. The Morgan fingerprint density at radius 1 is 0.766 bits per heavy atom. The highest BCUT2D eigenvalue weighted by molar-refractivity contribution is 6.09. The summed E-state index contributed by atoms with van der Waals surface area (Å²) in [5.74, 6) is 2.23. The number of nitrogens with zero attached hydrogens (tertiary/aromatic N) is 1. The molecule has 2 N–H and O–H groups in total. The van der Waals surface area contributed by atoms with Crippen LogP contribution in [0.15, 0.2) is 108 Å². The molecule has 4 aromatic carbocycles. The third-order valence-corrected chi connectivity index (χ3v) is 8.77. The molecule has 1 saturated heterocycles. The molecule has 0 atom stereocenters. The van der Waals surface area contributed by atoms with Gasteiger partial charge in [-0.2, -0.15) is 0 Å². The summed E-state index contributed by atoms with van der Waals surface area (Å²) < 4.78 is 23.3. The predicted molar refractivity (Wildman–Crippen MR) is 185 cm³/mol. The topological polar surface area (TPSA) is 81.3 Å². The Morgan fingerprint density at radius 3 is 2.38 bits per heavy atom. The zero-order chi connectivity index (χ0) is 32.0. The summed E-state index contributed by atoms with van der Waals surface area (Å²) in [7, 11) is 1.66. The van der Waals surface area contributed by atoms with E-state index in [1.807, 2.05) is 72.8 Å². The van der Waals surface area contributed by atoms with Gasteiger partial charge in [0.2, 0.25) is 0 Å². The molecule has 8 nitrogen and oxygen atoms in total. The van der Waals surface area contributed by atoms with E-state index < -0.39 is 0 Å². The van der Waals surface area contributed by atoms with Crippen molar-refractivity contribution < 1.29 is 23.7 Å². The highest BCUT2D eigenvalue weighted by atomic mass is 16.5. The molecule has 4 aromatic rings. The van der Waals surface area contributed by atoms with E-state index in [-0.39, 0.29) is 5.91 Å². The molecule has 3 aliphatic rings. The molecule has 0 unspecified atom stereocenters. The van der Waals surface area contributed by atoms with E-state index in [9.17, 15) is 4.79 Å². The number of allylic oxidation sites excluding steroid dienone is 2. The second-order valence-electron chi connectivity index (χ2n) is 11.9. The van der Waals surface area contributed by atoms with Crippen LogP contribution >= 0.6 is 0 Å². The van der Waals surface area contributed by atoms with Crippen molar-refractivity contribution >= 4 is 28.5 Å². The average molecular weight is 630 g/mol. The molecule has 1 amide bonds. The van der Waals surface area contributed by atoms with Gasteiger partial charge in [0, 0.05) is 42.5 Å². The first-order chi connectivity index (χ1) is 23.1. The molecular weight excluding hydrogens is 590 g/mol. The summed E-state index contributed by atoms with van der Waals surface area (Å²) in [4.78, 5) is 15.7. The standard InChI is InChI=1S/C39H39N3O5/c1-44-33-22-30(23-34(25-33)47-26-28-5-3-2-4-6-28)29-8-13-35-37(24-29)40-36-14-7-27(21-38(36)41-39(35)43)15-18-46-32-11-9-31(10-12-32)42-16-19-45-20-17-42/h2-7,9-12,14,21-25,40H,8,13,15-20,26H2,1H3,(H,41,43). The van der Waals surface area contributed by atoms with Gasteiger partial charge in [-0.25, -0.2) is 0 Å². The largest absolute Gasteiger partial charge is 0.497 e. The first-order valence-electron chi connectivity index (χ1n) is 16.2. The molecule has 2 heterocycles. The Balaban J connectivity index is 1.01. The van der Waals surface area contributed by atoms with E-state index >= 15 is 0 Å². The zero-order valence-electron chi connectivity index (χ0n) is 26.6. The predicted octanol–water partition coefficient (Wildman–Crippen LogP) is 7.23. The van der Waals surface area contributed by atoms with Crippen molar-refractivity contribution in [3.05, 3.63) is 125 Å². The van der Waals surface area contributed by atoms with E-state index in [1.54, 1.807) is 7.11 Å². The molecule has 7 rings (SSSR count). The maximum absolute atomic E-state index is 13.4. The minimum Gasteiger partial charge on any atom is -0.497 e. The van der Waals surface area contributed by atoms with Crippen molar-refractivity contribution in [2.24, 2.45) is 0 Å². The molecule has 240 valence electrons. The molecule has 0 spiro atoms. The number of hydrogen-bond acceptors (Lipinski definition) is 7. The fraction of sp³-hybridized carbons (Fsp3) is 0.256. The van der Waals surface area contributed by atoms with Crippen LogP contribution in [-0.4, -0.2) is 45.9 Å². The minimum atomic E-state index is -0.0761. The van der Waals surface area contributed by atoms with Gasteiger partial charge in [0.15, 0.2) is 0 Å². The first-order valence-corrected chi connectivity index (χ1v) is 16.2. The fourth-order valence-corrected chi connectivity index (χ4v) is 6.17. The van der Waals surface area contributed by atoms with Gasteiger partial charge in [-0.15, -0.1) is 0 Å². The lowest BCUT2D eigenvalue weighted by Crippen LogP contribution is -2.36. The van der Waals surface area contributed by atoms with Gasteiger partial charge < -0.3 is 34.5 Å². The lowest BCUT2D eigenvalue weighted by atomic mass is 9.90. The van der Waals surface area contributed by atoms with Crippen molar-refractivity contribution in [1.29, 1.82) is 0 Å². The van der Waals surface area contributed by atoms with E-state index in [2.05, 4.69) is 39.8 Å². The molecule has 1 aliphatic carbocycles. The van der Waals surface area contributed by atoms with Gasteiger partial charge in [-0.3, -0.25) is 4.79 Å². The molecule has 8 heteroatoms. The summed E-state index contributed by atoms with van der Waals surface area (Å²) >= 11 is 0. The average Bonchev–Trinajstić information content (AvgIpc) is 3.26. The summed E-state index contributed by atoms with van der Waals surface area (Å²) in [6.07, 6.45) is 4.15. The van der Waals surface area contributed by atoms with Crippen LogP contribution in [0.2, 0.25) is 0 Å². The number of morpholine rings is 1. The smallest absolute Gasteiger partial charge is 0.253 e. The zero-order valence-corrected chi connectivity index (χ0v) is 26.6. The fourth-order valence-electron chi connectivity index (χ4n) is 6.17. The first kappa shape index (κ1) is 30.4. The number of ether oxygens (including phenoxy) is 4. The van der Waals surface area contributed by atoms with Gasteiger partial charge in [0.1, 0.15) is 23.9 Å². The number of carbonyl (C=O) groups is 1. The van der Waals surface area contributed by atoms with Gasteiger partial charge in [0.05, 0.1) is 38.3 Å². The van der Waals surface area contributed by atoms with Crippen molar-refractivity contribution in [3.63, 3.8) is 0 Å². The molecular formula is C39H39N3O5. The highest BCUT2D eigenvalue weighted by Crippen LogP contribution is 2.38. The Hall–Kier alpha value is -5.21. The monoisotopic (exact) mass is 629 g/mol. The minimum absolute atomic E-state index is 0.0761. The van der Waals surface area contributed by atoms with E-state index in [1.165, 1.54) is 5.69 Å². The molecule has 2 aliphatic heterocycles. The maximum Gasteiger partial charge on any atom is 0.253 e. The lowest BCUT2D eigenvalue weighted by Gasteiger charge is -2.28. The number of benzene rings is 4. The summed E-state index contributed by atoms with van der Waals surface area (Å²) in [5.41, 5.74) is 8.69. The van der Waals surface area contributed by atoms with Crippen LogP contribution in [0.25, 0.3) is 5.57 Å². The van der Waals surface area contributed by atoms with Crippen LogP contribution in [0.3, 0.4) is 0 Å². The third kappa shape index (κ3) is 7.28. The van der Waals surface area contributed by atoms with E-state index in [0.29, 0.717) is 19.6 Å². The quantitative estimate of drug-likeness (QED) is 0.192. The van der Waals surface area contributed by atoms with Gasteiger partial charge in [0.25, 0.3) is 5.91 Å². The second-order valence-corrected chi connectivity index (χ2v) is 11.9. The van der Waals surface area contributed by atoms with Crippen LogP contribution in [0.5, 0.6) is 17.2 Å². The summed E-state index contributed by atoms with van der Waals surface area (Å²) in [5, 5.41) is 6.68. The summed E-state index contributed by atoms with van der Waals surface area (Å²) in [6, 6.07) is 30.5. The summed E-state index contributed by atoms with van der Waals surface area (Å²) in [6.45, 7) is 4.36. The number of nitrogens with one attached hydrogen (secondary N) is 2. The SMILES string of the molecule is COc1cc(OCc2ccccc2)cc(C2=CC3=C(CC2)C(=O)Nc2cc(CCOc4ccc(N5CCOCC5)cc4)ccc2N3)c1. The normalized spacial score (nSPS) is 15.8. The second kappa shape index (κ2) is 14.1. The third-order valence-electron chi connectivity index (χ3n) is 8.77. The number of methoxy groups -OCH3 is 1. The number of fused-ring (bicyclic) bond motifs is 1. The Bertz CT molecular complexity index is 1790. The highest BCUT2D eigenvalue weighted by Gasteiger charge is 2.25. The van der Waals surface area contributed by atoms with Crippen molar-refractivity contribution in [3.8, 4) is 17.2 Å². The number of carbonyl (C=O) groups excluding carboxylic acids is 1. The Kier molecular flexibility index (Phi) is 9.10. The van der Waals surface area contributed by atoms with Crippen LogP contribution in [0, 0.1) is 0 Å². The van der Waals surface area contributed by atoms with Crippen LogP contribution < -0.4 is 29.7 Å². The lowest BCUT2D eigenvalue weighted by molar-refractivity contribution is -0.113. The molecule has 0 radical (unpaired) electrons. The van der Waals surface area contributed by atoms with E-state index in [0.717, 1.165) is 101 Å². The van der Waals surface area contributed by atoms with Gasteiger partial charge in [-0.05, 0) is 89.7 Å². The number of anilines is 3. The molecule has 1 fully saturated rings. The van der Waals surface area contributed by atoms with Gasteiger partial charge >= 0.3 is 0 Å². The van der Waals surface area contributed by atoms with Crippen molar-refractivity contribution in [2.75, 3.05) is 55.6 Å². The van der Waals surface area contributed by atoms with Gasteiger partial charge in [-0.1, -0.05) is 36.4 Å². The van der Waals surface area contributed by atoms with Crippen LogP contribution in [-0.2, 0) is 22.6 Å². The van der Waals surface area contributed by atoms with Crippen molar-refractivity contribution in [1.82, 2.24) is 0 Å². The Labute approximate surface area is 275 Å². The number of amides is 1. The van der Waals surface area contributed by atoms with Crippen LogP contribution in [0.1, 0.15) is 29.5 Å². The van der Waals surface area contributed by atoms with Crippen molar-refractivity contribution in [2.45, 2.75) is 25.9 Å². The molecule has 0 saturated carbocycles. The maximum atomic E-state index is 13.4. The van der Waals surface area contributed by atoms with Crippen LogP contribution in [0.4, 0.5) is 17.1 Å². The van der Waals surface area contributed by atoms with E-state index in [4.69, 9.17) is 18.9 Å². The Morgan fingerprint density at radius 2 is 1.57 bits per heavy atom. The molecule has 0 aromatic heterocycles. The number of hydrogen-bond donors (Lipinski definition) is 2.